The second kappa shape index (κ2) is 3.77. The molecule has 0 amide bonds. The van der Waals surface area contributed by atoms with Crippen molar-refractivity contribution in [3.63, 3.8) is 0 Å². The highest BCUT2D eigenvalue weighted by atomic mass is 16.3. The van der Waals surface area contributed by atoms with E-state index in [-0.39, 0.29) is 11.5 Å². The molecule has 0 aliphatic rings. The quantitative estimate of drug-likeness (QED) is 0.781. The van der Waals surface area contributed by atoms with Crippen molar-refractivity contribution in [2.75, 3.05) is 0 Å². The molecule has 0 aliphatic heterocycles. The van der Waals surface area contributed by atoms with Crippen LogP contribution >= 0.6 is 0 Å². The molecule has 0 radical (unpaired) electrons. The van der Waals surface area contributed by atoms with Crippen molar-refractivity contribution in [1.29, 1.82) is 0 Å². The first-order valence-corrected chi connectivity index (χ1v) is 4.95. The van der Waals surface area contributed by atoms with Gasteiger partial charge >= 0.3 is 0 Å². The third-order valence-electron chi connectivity index (χ3n) is 2.34. The largest absolute Gasteiger partial charge is 0.508 e. The summed E-state index contributed by atoms with van der Waals surface area (Å²) in [5.74, 6) is 0.230. The number of ketones is 1. The Morgan fingerprint density at radius 2 is 2.27 bits per heavy atom. The molecule has 0 fully saturated rings. The second-order valence-corrected chi connectivity index (χ2v) is 3.50. The molecule has 0 atom stereocenters. The lowest BCUT2D eigenvalue weighted by atomic mass is 10.1. The number of phenolic OH excluding ortho intramolecular Hbond substituents is 1. The molecule has 1 heterocycles. The van der Waals surface area contributed by atoms with Crippen LogP contribution in [0.4, 0.5) is 0 Å². The second-order valence-electron chi connectivity index (χ2n) is 3.50. The lowest BCUT2D eigenvalue weighted by Crippen LogP contribution is -1.95. The van der Waals surface area contributed by atoms with Crippen LogP contribution in [0.3, 0.4) is 0 Å². The van der Waals surface area contributed by atoms with Gasteiger partial charge in [-0.15, -0.1) is 0 Å². The molecule has 0 bridgehead atoms. The molecule has 1 N–H and O–H groups in total. The molecule has 0 unspecified atom stereocenters. The molecular formula is C12H12O3. The van der Waals surface area contributed by atoms with E-state index < -0.39 is 0 Å². The number of rotatable bonds is 3. The lowest BCUT2D eigenvalue weighted by Gasteiger charge is -1.95. The summed E-state index contributed by atoms with van der Waals surface area (Å²) >= 11 is 0. The minimum absolute atomic E-state index is 0.0851. The van der Waals surface area contributed by atoms with E-state index in [1.807, 2.05) is 6.92 Å². The minimum atomic E-state index is 0.0851. The highest BCUT2D eigenvalue weighted by Gasteiger charge is 2.12. The number of hydrogen-bond donors (Lipinski definition) is 1. The number of carbonyl (C=O) groups is 1. The van der Waals surface area contributed by atoms with Gasteiger partial charge in [0, 0.05) is 17.9 Å². The number of carbonyl (C=O) groups excluding carboxylic acids is 1. The minimum Gasteiger partial charge on any atom is -0.508 e. The highest BCUT2D eigenvalue weighted by molar-refractivity contribution is 6.07. The zero-order chi connectivity index (χ0) is 10.8. The molecule has 0 saturated heterocycles. The van der Waals surface area contributed by atoms with E-state index in [1.165, 1.54) is 12.3 Å². The summed E-state index contributed by atoms with van der Waals surface area (Å²) in [6, 6.07) is 4.77. The SMILES string of the molecule is CCCC(=O)c1coc2cc(O)ccc12. The summed E-state index contributed by atoms with van der Waals surface area (Å²) in [6.45, 7) is 1.96. The lowest BCUT2D eigenvalue weighted by molar-refractivity contribution is 0.0982. The number of aromatic hydroxyl groups is 1. The third kappa shape index (κ3) is 1.73. The normalized spacial score (nSPS) is 10.7. The number of phenols is 1. The molecule has 1 aromatic heterocycles. The van der Waals surface area contributed by atoms with Crippen molar-refractivity contribution < 1.29 is 14.3 Å². The zero-order valence-corrected chi connectivity index (χ0v) is 8.49. The molecule has 15 heavy (non-hydrogen) atoms. The van der Waals surface area contributed by atoms with Crippen molar-refractivity contribution in [3.05, 3.63) is 30.0 Å². The summed E-state index contributed by atoms with van der Waals surface area (Å²) in [5.41, 5.74) is 1.15. The van der Waals surface area contributed by atoms with E-state index >= 15 is 0 Å². The maximum Gasteiger partial charge on any atom is 0.166 e. The Bertz CT molecular complexity index is 497. The fourth-order valence-corrected chi connectivity index (χ4v) is 1.59. The van der Waals surface area contributed by atoms with Crippen LogP contribution < -0.4 is 0 Å². The van der Waals surface area contributed by atoms with Crippen LogP contribution in [0.25, 0.3) is 11.0 Å². The molecule has 78 valence electrons. The fraction of sp³-hybridized carbons (Fsp3) is 0.250. The molecule has 2 rings (SSSR count). The van der Waals surface area contributed by atoms with E-state index in [0.717, 1.165) is 11.8 Å². The Balaban J connectivity index is 2.49. The van der Waals surface area contributed by atoms with E-state index in [0.29, 0.717) is 17.6 Å². The van der Waals surface area contributed by atoms with Gasteiger partial charge in [-0.3, -0.25) is 4.79 Å². The van der Waals surface area contributed by atoms with Crippen LogP contribution in [0.2, 0.25) is 0 Å². The Kier molecular flexibility index (Phi) is 2.46. The third-order valence-corrected chi connectivity index (χ3v) is 2.34. The molecule has 3 nitrogen and oxygen atoms in total. The van der Waals surface area contributed by atoms with Gasteiger partial charge in [-0.25, -0.2) is 0 Å². The molecule has 1 aromatic carbocycles. The van der Waals surface area contributed by atoms with Gasteiger partial charge < -0.3 is 9.52 Å². The van der Waals surface area contributed by atoms with Crippen LogP contribution in [0.1, 0.15) is 30.1 Å². The van der Waals surface area contributed by atoms with E-state index in [2.05, 4.69) is 0 Å². The van der Waals surface area contributed by atoms with Crippen LogP contribution in [-0.4, -0.2) is 10.9 Å². The van der Waals surface area contributed by atoms with Gasteiger partial charge in [0.2, 0.25) is 0 Å². The first kappa shape index (κ1) is 9.77. The van der Waals surface area contributed by atoms with Crippen LogP contribution in [0.15, 0.2) is 28.9 Å². The number of Topliss-reactive ketones (excluding diaryl/α,β-unsaturated/α-hetero) is 1. The molecular weight excluding hydrogens is 192 g/mol. The monoisotopic (exact) mass is 204 g/mol. The van der Waals surface area contributed by atoms with E-state index in [4.69, 9.17) is 4.42 Å². The van der Waals surface area contributed by atoms with E-state index in [9.17, 15) is 9.90 Å². The van der Waals surface area contributed by atoms with Gasteiger partial charge in [-0.1, -0.05) is 6.92 Å². The predicted molar refractivity (Wildman–Crippen MR) is 57.1 cm³/mol. The topological polar surface area (TPSA) is 50.4 Å². The van der Waals surface area contributed by atoms with Crippen molar-refractivity contribution >= 4 is 16.8 Å². The van der Waals surface area contributed by atoms with Gasteiger partial charge in [0.05, 0.1) is 5.56 Å². The molecule has 2 aromatic rings. The Morgan fingerprint density at radius 3 is 3.00 bits per heavy atom. The number of furan rings is 1. The smallest absolute Gasteiger partial charge is 0.166 e. The number of benzene rings is 1. The van der Waals surface area contributed by atoms with Crippen molar-refractivity contribution in [3.8, 4) is 5.75 Å². The van der Waals surface area contributed by atoms with Crippen molar-refractivity contribution in [1.82, 2.24) is 0 Å². The zero-order valence-electron chi connectivity index (χ0n) is 8.49. The first-order chi connectivity index (χ1) is 7.22. The summed E-state index contributed by atoms with van der Waals surface area (Å²) in [7, 11) is 0. The predicted octanol–water partition coefficient (Wildman–Crippen LogP) is 3.12. The number of fused-ring (bicyclic) bond motifs is 1. The first-order valence-electron chi connectivity index (χ1n) is 4.95. The van der Waals surface area contributed by atoms with Gasteiger partial charge in [-0.05, 0) is 18.6 Å². The Morgan fingerprint density at radius 1 is 1.47 bits per heavy atom. The molecule has 0 spiro atoms. The highest BCUT2D eigenvalue weighted by Crippen LogP contribution is 2.25. The van der Waals surface area contributed by atoms with Crippen molar-refractivity contribution in [2.45, 2.75) is 19.8 Å². The summed E-state index contributed by atoms with van der Waals surface area (Å²) in [4.78, 5) is 11.7. The maximum atomic E-state index is 11.7. The molecule has 0 aliphatic carbocycles. The average Bonchev–Trinajstić information content (AvgIpc) is 2.60. The summed E-state index contributed by atoms with van der Waals surface area (Å²) in [6.07, 6.45) is 2.81. The molecule has 3 heteroatoms. The van der Waals surface area contributed by atoms with Gasteiger partial charge in [0.15, 0.2) is 5.78 Å². The van der Waals surface area contributed by atoms with Gasteiger partial charge in [-0.2, -0.15) is 0 Å². The molecule has 0 saturated carbocycles. The van der Waals surface area contributed by atoms with E-state index in [1.54, 1.807) is 12.1 Å². The average molecular weight is 204 g/mol. The standard InChI is InChI=1S/C12H12O3/c1-2-3-11(14)10-7-15-12-6-8(13)4-5-9(10)12/h4-7,13H,2-3H2,1H3. The van der Waals surface area contributed by atoms with Crippen LogP contribution in [0, 0.1) is 0 Å². The van der Waals surface area contributed by atoms with Crippen LogP contribution in [0.5, 0.6) is 5.75 Å². The summed E-state index contributed by atoms with van der Waals surface area (Å²) < 4.78 is 5.22. The van der Waals surface area contributed by atoms with Crippen molar-refractivity contribution in [2.24, 2.45) is 0 Å². The fourth-order valence-electron chi connectivity index (χ4n) is 1.59. The number of hydrogen-bond acceptors (Lipinski definition) is 3. The van der Waals surface area contributed by atoms with Gasteiger partial charge in [0.1, 0.15) is 17.6 Å². The van der Waals surface area contributed by atoms with Gasteiger partial charge in [0.25, 0.3) is 0 Å². The van der Waals surface area contributed by atoms with Crippen LogP contribution in [-0.2, 0) is 0 Å². The Labute approximate surface area is 87.3 Å². The summed E-state index contributed by atoms with van der Waals surface area (Å²) in [5, 5.41) is 10.0. The maximum absolute atomic E-state index is 11.7. The Hall–Kier alpha value is -1.77.